The number of nitrogens with two attached hydrogens (primary N) is 3. The molecule has 1 aliphatic rings. The number of aliphatic imine (C=N–C) groups is 1. The number of phenolic OH excluding ortho intramolecular Hbond substituents is 3. The van der Waals surface area contributed by atoms with Crippen LogP contribution in [-0.2, 0) is 72.0 Å². The molecule has 21 N–H and O–H groups in total. The van der Waals surface area contributed by atoms with E-state index in [0.717, 1.165) is 4.90 Å². The highest BCUT2D eigenvalue weighted by molar-refractivity contribution is 5.99. The van der Waals surface area contributed by atoms with Crippen LogP contribution in [-0.4, -0.2) is 198 Å². The van der Waals surface area contributed by atoms with Gasteiger partial charge in [-0.05, 0) is 110 Å². The molecule has 9 amide bonds. The van der Waals surface area contributed by atoms with Gasteiger partial charge >= 0.3 is 11.9 Å². The summed E-state index contributed by atoms with van der Waals surface area (Å²) in [6, 6.07) is 1.49. The molecule has 498 valence electrons. The molecule has 0 saturated carbocycles. The van der Waals surface area contributed by atoms with Crippen molar-refractivity contribution in [2.75, 3.05) is 19.7 Å². The predicted molar refractivity (Wildman–Crippen MR) is 326 cm³/mol. The first kappa shape index (κ1) is 73.8. The number of guanidine groups is 1. The molecule has 31 nitrogen and oxygen atoms in total. The third kappa shape index (κ3) is 24.0. The summed E-state index contributed by atoms with van der Waals surface area (Å²) in [5.41, 5.74) is 18.4. The Morgan fingerprint density at radius 3 is 1.51 bits per heavy atom. The molecule has 11 atom stereocenters. The van der Waals surface area contributed by atoms with E-state index in [2.05, 4.69) is 47.5 Å². The van der Waals surface area contributed by atoms with E-state index in [0.29, 0.717) is 16.7 Å². The van der Waals surface area contributed by atoms with Gasteiger partial charge in [0.1, 0.15) is 71.6 Å². The molecular weight excluding hydrogens is 1190 g/mol. The number of likely N-dealkylation sites (tertiary alicyclic amines) is 1. The van der Waals surface area contributed by atoms with Crippen LogP contribution in [0.5, 0.6) is 17.2 Å². The first-order chi connectivity index (χ1) is 42.9. The average molecular weight is 1280 g/mol. The Kier molecular flexibility index (Phi) is 28.8. The number of carbonyl (C=O) groups excluding carboxylic acids is 9. The number of nitrogens with one attached hydrogen (secondary N) is 8. The van der Waals surface area contributed by atoms with E-state index < -0.39 is 151 Å². The van der Waals surface area contributed by atoms with Crippen LogP contribution in [0.1, 0.15) is 89.8 Å². The highest BCUT2D eigenvalue weighted by atomic mass is 16.4. The van der Waals surface area contributed by atoms with Crippen molar-refractivity contribution in [2.24, 2.45) is 34.0 Å². The van der Waals surface area contributed by atoms with Gasteiger partial charge in [0.05, 0.1) is 25.2 Å². The predicted octanol–water partition coefficient (Wildman–Crippen LogP) is -3.28. The molecule has 1 fully saturated rings. The average Bonchev–Trinajstić information content (AvgIpc) is 1.83. The summed E-state index contributed by atoms with van der Waals surface area (Å²) in [4.78, 5) is 155. The number of hydrogen-bond donors (Lipinski definition) is 18. The third-order valence-electron chi connectivity index (χ3n) is 14.6. The Hall–Kier alpha value is -9.62. The number of carboxylic acids is 2. The lowest BCUT2D eigenvalue weighted by Gasteiger charge is -2.32. The van der Waals surface area contributed by atoms with E-state index in [9.17, 15) is 88.5 Å². The molecule has 1 heterocycles. The summed E-state index contributed by atoms with van der Waals surface area (Å²) >= 11 is 0. The van der Waals surface area contributed by atoms with Gasteiger partial charge in [0.2, 0.25) is 53.2 Å². The van der Waals surface area contributed by atoms with Gasteiger partial charge in [-0.15, -0.1) is 0 Å². The van der Waals surface area contributed by atoms with Crippen LogP contribution in [0.15, 0.2) is 77.8 Å². The van der Waals surface area contributed by atoms with E-state index >= 15 is 0 Å². The topological polar surface area (TPSA) is 519 Å². The Labute approximate surface area is 524 Å². The zero-order chi connectivity index (χ0) is 67.8. The first-order valence-corrected chi connectivity index (χ1v) is 29.5. The zero-order valence-corrected chi connectivity index (χ0v) is 51.2. The summed E-state index contributed by atoms with van der Waals surface area (Å²) in [7, 11) is 0. The molecule has 31 heteroatoms. The minimum atomic E-state index is -1.83. The van der Waals surface area contributed by atoms with Gasteiger partial charge in [-0.1, -0.05) is 64.1 Å². The maximum absolute atomic E-state index is 14.4. The van der Waals surface area contributed by atoms with Gasteiger partial charge < -0.3 is 100 Å². The Bertz CT molecular complexity index is 3030. The second-order valence-electron chi connectivity index (χ2n) is 22.9. The summed E-state index contributed by atoms with van der Waals surface area (Å²) in [5, 5.41) is 90.0. The highest BCUT2D eigenvalue weighted by Crippen LogP contribution is 2.22. The summed E-state index contributed by atoms with van der Waals surface area (Å²) in [6.45, 7) is 6.60. The number of carbonyl (C=O) groups is 11. The molecule has 0 spiro atoms. The SMILES string of the molecule is CC(C)C[C@H](NC(=O)[C@@H]1CCCN1C(=O)[C@@H](NC(=O)[C@@H](NC(=O)[C@H](Cc1ccc(O)cc1)NC(=O)[C@H](CO)NC(=O)[C@H](CCCN=C(N)N)NC(=O)[C@@H](N)Cc1ccc(O)cc1)C(C)C)[C@@H](C)O)C(=O)N[C@@H](CC(=O)O)C(=O)N[C@@H](Cc1ccc(O)cc1)C(=O)O. The number of hydrogen-bond acceptors (Lipinski definition) is 18. The van der Waals surface area contributed by atoms with Crippen molar-refractivity contribution >= 4 is 71.1 Å². The zero-order valence-electron chi connectivity index (χ0n) is 51.2. The van der Waals surface area contributed by atoms with Crippen LogP contribution < -0.4 is 59.7 Å². The van der Waals surface area contributed by atoms with Crippen LogP contribution in [0.25, 0.3) is 0 Å². The van der Waals surface area contributed by atoms with Gasteiger partial charge in [-0.25, -0.2) is 4.79 Å². The van der Waals surface area contributed by atoms with Crippen LogP contribution >= 0.6 is 0 Å². The lowest BCUT2D eigenvalue weighted by Crippen LogP contribution is -2.63. The highest BCUT2D eigenvalue weighted by Gasteiger charge is 2.42. The number of carboxylic acid groups (broad SMARTS) is 2. The fraction of sp³-hybridized carbons (Fsp3) is 0.500. The maximum atomic E-state index is 14.4. The molecule has 91 heavy (non-hydrogen) atoms. The third-order valence-corrected chi connectivity index (χ3v) is 14.6. The second-order valence-corrected chi connectivity index (χ2v) is 22.9. The Morgan fingerprint density at radius 1 is 0.560 bits per heavy atom. The molecular formula is C60H85N13O18. The molecule has 0 aromatic heterocycles. The standard InChI is InChI=1S/C60H85N13O18/c1-30(2)24-41(52(83)67-43(28-47(79)80)53(84)69-44(59(90)91)27-35-14-20-38(78)21-15-35)68-56(87)46-9-7-23-73(46)58(89)49(32(5)75)72-57(88)48(31(3)4)71-54(85)42(26-34-12-18-37(77)19-13-34)66-55(86)45(29-74)70-51(82)40(8-6-22-64-60(62)63)65-50(81)39(61)25-33-10-16-36(76)17-11-33/h10-21,30-32,39-46,48-49,74-78H,6-9,22-29,61H2,1-5H3,(H,65,81)(H,66,86)(H,67,83)(H,68,87)(H,69,84)(H,70,82)(H,71,85)(H,72,88)(H,79,80)(H,90,91)(H4,62,63,64)/t32-,39+,40+,41+,42+,43+,44+,45+,46+,48+,49+/m1/s1. The molecule has 0 aliphatic carbocycles. The molecule has 1 saturated heterocycles. The lowest BCUT2D eigenvalue weighted by molar-refractivity contribution is -0.145. The number of aliphatic carboxylic acids is 2. The van der Waals surface area contributed by atoms with Crippen molar-refractivity contribution in [1.29, 1.82) is 0 Å². The van der Waals surface area contributed by atoms with Crippen LogP contribution in [0.2, 0.25) is 0 Å². The molecule has 4 rings (SSSR count). The van der Waals surface area contributed by atoms with E-state index in [-0.39, 0.29) is 93.6 Å². The van der Waals surface area contributed by atoms with E-state index in [1.165, 1.54) is 81.4 Å². The van der Waals surface area contributed by atoms with Gasteiger partial charge in [-0.3, -0.25) is 52.9 Å². The molecule has 0 unspecified atom stereocenters. The quantitative estimate of drug-likeness (QED) is 0.0156. The number of rotatable bonds is 35. The molecule has 3 aromatic carbocycles. The van der Waals surface area contributed by atoms with Gasteiger partial charge in [0.25, 0.3) is 0 Å². The monoisotopic (exact) mass is 1280 g/mol. The maximum Gasteiger partial charge on any atom is 0.326 e. The van der Waals surface area contributed by atoms with E-state index in [1.807, 2.05) is 0 Å². The number of phenols is 3. The number of aromatic hydroxyl groups is 3. The molecule has 1 aliphatic heterocycles. The lowest BCUT2D eigenvalue weighted by atomic mass is 9.99. The molecule has 0 radical (unpaired) electrons. The number of aliphatic hydroxyl groups is 2. The second kappa shape index (κ2) is 35.5. The first-order valence-electron chi connectivity index (χ1n) is 29.5. The minimum absolute atomic E-state index is 0.00563. The van der Waals surface area contributed by atoms with Crippen molar-refractivity contribution in [3.8, 4) is 17.2 Å². The number of amides is 9. The van der Waals surface area contributed by atoms with Gasteiger partial charge in [0.15, 0.2) is 5.96 Å². The largest absolute Gasteiger partial charge is 0.508 e. The van der Waals surface area contributed by atoms with Crippen molar-refractivity contribution in [3.05, 3.63) is 89.5 Å². The van der Waals surface area contributed by atoms with Crippen LogP contribution in [0.3, 0.4) is 0 Å². The normalized spacial score (nSPS) is 16.2. The van der Waals surface area contributed by atoms with E-state index in [4.69, 9.17) is 17.2 Å². The fourth-order valence-corrected chi connectivity index (χ4v) is 9.71. The minimum Gasteiger partial charge on any atom is -0.508 e. The molecule has 0 bridgehead atoms. The smallest absolute Gasteiger partial charge is 0.326 e. The van der Waals surface area contributed by atoms with E-state index in [1.54, 1.807) is 26.0 Å². The Morgan fingerprint density at radius 2 is 1.01 bits per heavy atom. The van der Waals surface area contributed by atoms with Crippen LogP contribution in [0.4, 0.5) is 0 Å². The Balaban J connectivity index is 1.51. The van der Waals surface area contributed by atoms with Gasteiger partial charge in [-0.2, -0.15) is 0 Å². The fourth-order valence-electron chi connectivity index (χ4n) is 9.71. The van der Waals surface area contributed by atoms with Crippen molar-refractivity contribution in [3.63, 3.8) is 0 Å². The van der Waals surface area contributed by atoms with Crippen molar-refractivity contribution in [1.82, 2.24) is 47.4 Å². The van der Waals surface area contributed by atoms with Crippen LogP contribution in [0, 0.1) is 11.8 Å². The number of nitrogens with zero attached hydrogens (tertiary/aromatic N) is 2. The summed E-state index contributed by atoms with van der Waals surface area (Å²) < 4.78 is 0. The number of benzene rings is 3. The number of aliphatic hydroxyl groups excluding tert-OH is 2. The summed E-state index contributed by atoms with van der Waals surface area (Å²) in [6.07, 6.45) is -2.96. The van der Waals surface area contributed by atoms with Gasteiger partial charge in [0, 0.05) is 25.9 Å². The van der Waals surface area contributed by atoms with Crippen molar-refractivity contribution < 1.29 is 88.5 Å². The van der Waals surface area contributed by atoms with Crippen molar-refractivity contribution in [2.45, 2.75) is 159 Å². The summed E-state index contributed by atoms with van der Waals surface area (Å²) in [5.74, 6) is -13.4. The molecule has 3 aromatic rings.